The minimum absolute atomic E-state index is 0.260. The Hall–Kier alpha value is -3.55. The lowest BCUT2D eigenvalue weighted by Gasteiger charge is -2.22. The van der Waals surface area contributed by atoms with Crippen LogP contribution in [0.5, 0.6) is 5.75 Å². The Labute approximate surface area is 213 Å². The van der Waals surface area contributed by atoms with Crippen LogP contribution in [0.1, 0.15) is 10.4 Å². The molecule has 4 aromatic rings. The summed E-state index contributed by atoms with van der Waals surface area (Å²) in [5, 5.41) is 6.86. The summed E-state index contributed by atoms with van der Waals surface area (Å²) in [5.74, 6) is 1.08. The number of pyridine rings is 1. The van der Waals surface area contributed by atoms with Gasteiger partial charge in [0.25, 0.3) is 5.91 Å². The topological polar surface area (TPSA) is 83.6 Å². The molecule has 180 valence electrons. The molecule has 0 aliphatic rings. The van der Waals surface area contributed by atoms with Crippen LogP contribution in [-0.4, -0.2) is 48.9 Å². The SMILES string of the molecule is CNC(=O)c1cccc2c(NC(=O)Oc3ccc(N(CCCl)CCCl)cc3)c3ccccc3nc12. The Morgan fingerprint density at radius 2 is 1.60 bits per heavy atom. The van der Waals surface area contributed by atoms with Crippen LogP contribution in [0.15, 0.2) is 66.7 Å². The van der Waals surface area contributed by atoms with Gasteiger partial charge in [-0.3, -0.25) is 10.1 Å². The Kier molecular flexibility index (Phi) is 7.90. The van der Waals surface area contributed by atoms with Crippen molar-refractivity contribution in [2.75, 3.05) is 42.1 Å². The average Bonchev–Trinajstić information content (AvgIpc) is 2.88. The van der Waals surface area contributed by atoms with E-state index in [1.165, 1.54) is 0 Å². The number of alkyl halides is 2. The van der Waals surface area contributed by atoms with E-state index in [1.807, 2.05) is 42.5 Å². The summed E-state index contributed by atoms with van der Waals surface area (Å²) in [7, 11) is 1.56. The van der Waals surface area contributed by atoms with Crippen LogP contribution in [0, 0.1) is 0 Å². The summed E-state index contributed by atoms with van der Waals surface area (Å²) >= 11 is 11.8. The maximum atomic E-state index is 12.9. The first-order chi connectivity index (χ1) is 17.0. The lowest BCUT2D eigenvalue weighted by Crippen LogP contribution is -2.27. The molecule has 1 heterocycles. The molecule has 0 saturated carbocycles. The fourth-order valence-electron chi connectivity index (χ4n) is 3.90. The second-order valence-corrected chi connectivity index (χ2v) is 8.41. The van der Waals surface area contributed by atoms with Gasteiger partial charge in [0.1, 0.15) is 5.75 Å². The summed E-state index contributed by atoms with van der Waals surface area (Å²) in [5.41, 5.74) is 3.01. The van der Waals surface area contributed by atoms with Crippen LogP contribution in [0.3, 0.4) is 0 Å². The number of carbonyl (C=O) groups excluding carboxylic acids is 2. The number of para-hydroxylation sites is 2. The molecule has 0 aliphatic carbocycles. The van der Waals surface area contributed by atoms with E-state index in [0.717, 1.165) is 11.1 Å². The molecule has 0 fully saturated rings. The summed E-state index contributed by atoms with van der Waals surface area (Å²) in [6.45, 7) is 1.32. The minimum Gasteiger partial charge on any atom is -0.410 e. The van der Waals surface area contributed by atoms with Crippen LogP contribution in [0.2, 0.25) is 0 Å². The van der Waals surface area contributed by atoms with Crippen molar-refractivity contribution in [2.24, 2.45) is 0 Å². The van der Waals surface area contributed by atoms with Crippen molar-refractivity contribution in [3.63, 3.8) is 0 Å². The zero-order chi connectivity index (χ0) is 24.8. The normalized spacial score (nSPS) is 10.8. The fraction of sp³-hybridized carbons (Fsp3) is 0.192. The predicted octanol–water partition coefficient (Wildman–Crippen LogP) is 5.64. The van der Waals surface area contributed by atoms with E-state index in [4.69, 9.17) is 27.9 Å². The summed E-state index contributed by atoms with van der Waals surface area (Å²) in [4.78, 5) is 32.0. The highest BCUT2D eigenvalue weighted by atomic mass is 35.5. The molecule has 2 N–H and O–H groups in total. The van der Waals surface area contributed by atoms with E-state index < -0.39 is 6.09 Å². The molecule has 3 aromatic carbocycles. The van der Waals surface area contributed by atoms with E-state index in [1.54, 1.807) is 31.3 Å². The number of nitrogens with zero attached hydrogens (tertiary/aromatic N) is 2. The summed E-state index contributed by atoms with van der Waals surface area (Å²) < 4.78 is 5.55. The first-order valence-corrected chi connectivity index (χ1v) is 12.1. The van der Waals surface area contributed by atoms with Gasteiger partial charge in [-0.15, -0.1) is 23.2 Å². The molecule has 0 bridgehead atoms. The van der Waals surface area contributed by atoms with E-state index >= 15 is 0 Å². The molecule has 2 amide bonds. The van der Waals surface area contributed by atoms with E-state index in [0.29, 0.717) is 58.3 Å². The number of hydrogen-bond acceptors (Lipinski definition) is 5. The van der Waals surface area contributed by atoms with E-state index in [2.05, 4.69) is 20.5 Å². The largest absolute Gasteiger partial charge is 0.417 e. The van der Waals surface area contributed by atoms with Crippen LogP contribution >= 0.6 is 23.2 Å². The number of benzene rings is 3. The minimum atomic E-state index is -0.654. The monoisotopic (exact) mass is 510 g/mol. The molecule has 0 spiro atoms. The lowest BCUT2D eigenvalue weighted by molar-refractivity contribution is 0.0964. The quantitative estimate of drug-likeness (QED) is 0.236. The van der Waals surface area contributed by atoms with Crippen molar-refractivity contribution >= 4 is 68.4 Å². The molecular formula is C26H24Cl2N4O3. The number of fused-ring (bicyclic) bond motifs is 2. The number of amides is 2. The highest BCUT2D eigenvalue weighted by Crippen LogP contribution is 2.32. The second kappa shape index (κ2) is 11.3. The number of ether oxygens (including phenoxy) is 1. The molecule has 4 rings (SSSR count). The molecule has 9 heteroatoms. The highest BCUT2D eigenvalue weighted by Gasteiger charge is 2.17. The number of aromatic nitrogens is 1. The molecule has 35 heavy (non-hydrogen) atoms. The maximum Gasteiger partial charge on any atom is 0.417 e. The van der Waals surface area contributed by atoms with Crippen LogP contribution < -0.4 is 20.3 Å². The third-order valence-electron chi connectivity index (χ3n) is 5.53. The van der Waals surface area contributed by atoms with E-state index in [-0.39, 0.29) is 5.91 Å². The lowest BCUT2D eigenvalue weighted by atomic mass is 10.0. The van der Waals surface area contributed by atoms with Gasteiger partial charge in [0.15, 0.2) is 0 Å². The summed E-state index contributed by atoms with van der Waals surface area (Å²) in [6, 6.07) is 19.8. The molecule has 0 radical (unpaired) electrons. The number of rotatable bonds is 8. The highest BCUT2D eigenvalue weighted by molar-refractivity contribution is 6.19. The first kappa shape index (κ1) is 24.6. The van der Waals surface area contributed by atoms with Crippen molar-refractivity contribution in [3.05, 3.63) is 72.3 Å². The van der Waals surface area contributed by atoms with Crippen LogP contribution in [0.4, 0.5) is 16.2 Å². The molecule has 0 atom stereocenters. The van der Waals surface area contributed by atoms with Gasteiger partial charge in [-0.05, 0) is 36.4 Å². The smallest absolute Gasteiger partial charge is 0.410 e. The average molecular weight is 511 g/mol. The predicted molar refractivity (Wildman–Crippen MR) is 142 cm³/mol. The number of hydrogen-bond donors (Lipinski definition) is 2. The third-order valence-corrected chi connectivity index (χ3v) is 5.87. The van der Waals surface area contributed by atoms with Gasteiger partial charge in [-0.2, -0.15) is 0 Å². The summed E-state index contributed by atoms with van der Waals surface area (Å²) in [6.07, 6.45) is -0.654. The van der Waals surface area contributed by atoms with Crippen molar-refractivity contribution in [2.45, 2.75) is 0 Å². The Morgan fingerprint density at radius 3 is 2.29 bits per heavy atom. The number of carbonyl (C=O) groups is 2. The van der Waals surface area contributed by atoms with Gasteiger partial charge in [0.05, 0.1) is 22.3 Å². The molecular weight excluding hydrogens is 487 g/mol. The van der Waals surface area contributed by atoms with Crippen molar-refractivity contribution in [1.29, 1.82) is 0 Å². The van der Waals surface area contributed by atoms with Gasteiger partial charge in [-0.1, -0.05) is 30.3 Å². The maximum absolute atomic E-state index is 12.9. The van der Waals surface area contributed by atoms with Gasteiger partial charge in [0.2, 0.25) is 0 Å². The van der Waals surface area contributed by atoms with Crippen molar-refractivity contribution in [1.82, 2.24) is 10.3 Å². The van der Waals surface area contributed by atoms with E-state index in [9.17, 15) is 9.59 Å². The Bertz CT molecular complexity index is 1360. The first-order valence-electron chi connectivity index (χ1n) is 11.0. The van der Waals surface area contributed by atoms with Crippen molar-refractivity contribution < 1.29 is 14.3 Å². The standard InChI is InChI=1S/C26H24Cl2N4O3/c1-29-25(33)21-7-4-6-20-23(19-5-2-3-8-22(19)30-24(20)21)31-26(34)35-18-11-9-17(10-12-18)32(15-13-27)16-14-28/h2-12H,13-16H2,1H3,(H,29,33)(H,30,31,34). The van der Waals surface area contributed by atoms with Gasteiger partial charge < -0.3 is 15.0 Å². The zero-order valence-corrected chi connectivity index (χ0v) is 20.6. The van der Waals surface area contributed by atoms with Gasteiger partial charge in [-0.25, -0.2) is 9.78 Å². The Morgan fingerprint density at radius 1 is 0.914 bits per heavy atom. The Balaban J connectivity index is 1.64. The van der Waals surface area contributed by atoms with Crippen LogP contribution in [-0.2, 0) is 0 Å². The molecule has 0 unspecified atom stereocenters. The van der Waals surface area contributed by atoms with Gasteiger partial charge in [0, 0.05) is 48.4 Å². The third kappa shape index (κ3) is 5.42. The van der Waals surface area contributed by atoms with Crippen LogP contribution in [0.25, 0.3) is 21.8 Å². The van der Waals surface area contributed by atoms with Crippen molar-refractivity contribution in [3.8, 4) is 5.75 Å². The molecule has 1 aromatic heterocycles. The van der Waals surface area contributed by atoms with Gasteiger partial charge >= 0.3 is 6.09 Å². The molecule has 0 aliphatic heterocycles. The number of halogens is 2. The number of nitrogens with one attached hydrogen (secondary N) is 2. The fourth-order valence-corrected chi connectivity index (χ4v) is 4.31. The zero-order valence-electron chi connectivity index (χ0n) is 19.1. The number of anilines is 2. The molecule has 7 nitrogen and oxygen atoms in total. The molecule has 0 saturated heterocycles. The second-order valence-electron chi connectivity index (χ2n) is 7.66.